The average Bonchev–Trinajstić information content (AvgIpc) is 3.41. The molecule has 2 amide bonds. The summed E-state index contributed by atoms with van der Waals surface area (Å²) < 4.78 is 21.6. The monoisotopic (exact) mass is 450 g/mol. The van der Waals surface area contributed by atoms with Crippen molar-refractivity contribution in [2.24, 2.45) is 0 Å². The van der Waals surface area contributed by atoms with Crippen LogP contribution in [0.1, 0.15) is 37.7 Å². The fourth-order valence-corrected chi connectivity index (χ4v) is 4.71. The number of fused-ring (bicyclic) bond motifs is 1. The molecule has 8 nitrogen and oxygen atoms in total. The standard InChI is InChI=1S/C25H26N2O6/c1-30-18-10-8-15(12-20(18)31-2)22-23(26-16-9-11-19-21(13-16)33-14-32-19)25(29)27(24(22)28)17-6-4-3-5-7-17/h8-13,17,26H,3-7,14H2,1-2H3. The maximum absolute atomic E-state index is 13.6. The summed E-state index contributed by atoms with van der Waals surface area (Å²) in [5.74, 6) is 1.67. The summed E-state index contributed by atoms with van der Waals surface area (Å²) in [6.45, 7) is 0.158. The molecule has 0 saturated heterocycles. The predicted octanol–water partition coefficient (Wildman–Crippen LogP) is 3.96. The summed E-state index contributed by atoms with van der Waals surface area (Å²) >= 11 is 0. The van der Waals surface area contributed by atoms with Gasteiger partial charge >= 0.3 is 0 Å². The zero-order valence-electron chi connectivity index (χ0n) is 18.7. The molecule has 1 N–H and O–H groups in total. The summed E-state index contributed by atoms with van der Waals surface area (Å²) in [7, 11) is 3.09. The van der Waals surface area contributed by atoms with Gasteiger partial charge in [-0.1, -0.05) is 25.3 Å². The molecule has 33 heavy (non-hydrogen) atoms. The summed E-state index contributed by atoms with van der Waals surface area (Å²) in [6.07, 6.45) is 4.81. The highest BCUT2D eigenvalue weighted by molar-refractivity contribution is 6.36. The Bertz CT molecular complexity index is 1140. The van der Waals surface area contributed by atoms with Crippen molar-refractivity contribution in [3.05, 3.63) is 47.7 Å². The number of nitrogens with zero attached hydrogens (tertiary/aromatic N) is 1. The van der Waals surface area contributed by atoms with Gasteiger partial charge in [-0.05, 0) is 42.7 Å². The van der Waals surface area contributed by atoms with Gasteiger partial charge in [-0.25, -0.2) is 0 Å². The normalized spacial score (nSPS) is 18.2. The molecule has 1 fully saturated rings. The molecule has 0 spiro atoms. The van der Waals surface area contributed by atoms with Gasteiger partial charge in [0, 0.05) is 17.8 Å². The van der Waals surface area contributed by atoms with Gasteiger partial charge in [-0.3, -0.25) is 14.5 Å². The summed E-state index contributed by atoms with van der Waals surface area (Å²) in [5.41, 5.74) is 1.80. The van der Waals surface area contributed by atoms with E-state index in [-0.39, 0.29) is 30.3 Å². The van der Waals surface area contributed by atoms with E-state index in [0.717, 1.165) is 32.1 Å². The Labute approximate surface area is 192 Å². The maximum atomic E-state index is 13.6. The number of anilines is 1. The minimum atomic E-state index is -0.311. The first kappa shape index (κ1) is 21.2. The van der Waals surface area contributed by atoms with E-state index < -0.39 is 0 Å². The molecule has 0 unspecified atom stereocenters. The zero-order valence-corrected chi connectivity index (χ0v) is 18.7. The first-order valence-electron chi connectivity index (χ1n) is 11.1. The lowest BCUT2D eigenvalue weighted by atomic mass is 9.94. The zero-order chi connectivity index (χ0) is 22.9. The third-order valence-corrected chi connectivity index (χ3v) is 6.37. The van der Waals surface area contributed by atoms with Crippen molar-refractivity contribution in [1.82, 2.24) is 4.90 Å². The molecule has 2 aromatic carbocycles. The van der Waals surface area contributed by atoms with Crippen LogP contribution in [0.2, 0.25) is 0 Å². The topological polar surface area (TPSA) is 86.3 Å². The number of hydrogen-bond donors (Lipinski definition) is 1. The maximum Gasteiger partial charge on any atom is 0.278 e. The Morgan fingerprint density at radius 2 is 1.64 bits per heavy atom. The van der Waals surface area contributed by atoms with Gasteiger partial charge in [-0.15, -0.1) is 0 Å². The highest BCUT2D eigenvalue weighted by Crippen LogP contribution is 2.39. The van der Waals surface area contributed by atoms with Crippen molar-refractivity contribution in [3.63, 3.8) is 0 Å². The van der Waals surface area contributed by atoms with E-state index in [0.29, 0.717) is 39.8 Å². The Hall–Kier alpha value is -3.68. The number of rotatable bonds is 6. The molecule has 1 aliphatic carbocycles. The number of carbonyl (C=O) groups excluding carboxylic acids is 2. The van der Waals surface area contributed by atoms with Crippen molar-refractivity contribution < 1.29 is 28.5 Å². The van der Waals surface area contributed by atoms with Gasteiger partial charge in [-0.2, -0.15) is 0 Å². The molecule has 172 valence electrons. The van der Waals surface area contributed by atoms with Crippen LogP contribution in [0.4, 0.5) is 5.69 Å². The predicted molar refractivity (Wildman–Crippen MR) is 121 cm³/mol. The lowest BCUT2D eigenvalue weighted by molar-refractivity contribution is -0.140. The van der Waals surface area contributed by atoms with Crippen LogP contribution in [0.3, 0.4) is 0 Å². The van der Waals surface area contributed by atoms with Crippen LogP contribution in [0.15, 0.2) is 42.1 Å². The SMILES string of the molecule is COc1ccc(C2=C(Nc3ccc4c(c3)OCO4)C(=O)N(C3CCCCC3)C2=O)cc1OC. The van der Waals surface area contributed by atoms with E-state index in [9.17, 15) is 9.59 Å². The molecule has 5 rings (SSSR count). The average molecular weight is 450 g/mol. The Balaban J connectivity index is 1.57. The van der Waals surface area contributed by atoms with E-state index in [1.807, 2.05) is 0 Å². The molecule has 1 saturated carbocycles. The molecule has 2 aromatic rings. The fourth-order valence-electron chi connectivity index (χ4n) is 4.71. The van der Waals surface area contributed by atoms with Gasteiger partial charge in [0.1, 0.15) is 5.70 Å². The van der Waals surface area contributed by atoms with Gasteiger partial charge < -0.3 is 24.3 Å². The van der Waals surface area contributed by atoms with Gasteiger partial charge in [0.2, 0.25) is 6.79 Å². The molecule has 3 aliphatic rings. The van der Waals surface area contributed by atoms with Gasteiger partial charge in [0.15, 0.2) is 23.0 Å². The number of imide groups is 1. The lowest BCUT2D eigenvalue weighted by Gasteiger charge is -2.30. The largest absolute Gasteiger partial charge is 0.493 e. The van der Waals surface area contributed by atoms with Crippen molar-refractivity contribution >= 4 is 23.1 Å². The van der Waals surface area contributed by atoms with Crippen LogP contribution in [-0.2, 0) is 9.59 Å². The smallest absolute Gasteiger partial charge is 0.278 e. The van der Waals surface area contributed by atoms with Gasteiger partial charge in [0.25, 0.3) is 11.8 Å². The number of nitrogens with one attached hydrogen (secondary N) is 1. The first-order valence-corrected chi connectivity index (χ1v) is 11.1. The van der Waals surface area contributed by atoms with Crippen LogP contribution in [0.25, 0.3) is 5.57 Å². The molecule has 2 heterocycles. The summed E-state index contributed by atoms with van der Waals surface area (Å²) in [4.78, 5) is 28.7. The van der Waals surface area contributed by atoms with E-state index in [4.69, 9.17) is 18.9 Å². The number of ether oxygens (including phenoxy) is 4. The van der Waals surface area contributed by atoms with Crippen molar-refractivity contribution in [2.75, 3.05) is 26.3 Å². The van der Waals surface area contributed by atoms with Crippen molar-refractivity contribution in [2.45, 2.75) is 38.1 Å². The van der Waals surface area contributed by atoms with Crippen LogP contribution in [-0.4, -0.2) is 43.8 Å². The number of carbonyl (C=O) groups is 2. The lowest BCUT2D eigenvalue weighted by Crippen LogP contribution is -2.42. The number of methoxy groups -OCH3 is 2. The molecule has 0 aromatic heterocycles. The summed E-state index contributed by atoms with van der Waals surface area (Å²) in [6, 6.07) is 10.5. The van der Waals surface area contributed by atoms with E-state index in [1.165, 1.54) is 12.0 Å². The molecule has 0 radical (unpaired) electrons. The molecule has 0 bridgehead atoms. The number of hydrogen-bond acceptors (Lipinski definition) is 7. The summed E-state index contributed by atoms with van der Waals surface area (Å²) in [5, 5.41) is 3.19. The fraction of sp³-hybridized carbons (Fsp3) is 0.360. The molecular formula is C25H26N2O6. The second kappa shape index (κ2) is 8.69. The highest BCUT2D eigenvalue weighted by atomic mass is 16.7. The van der Waals surface area contributed by atoms with Crippen molar-refractivity contribution in [3.8, 4) is 23.0 Å². The molecule has 8 heteroatoms. The second-order valence-corrected chi connectivity index (χ2v) is 8.28. The molecular weight excluding hydrogens is 424 g/mol. The molecule has 0 atom stereocenters. The highest BCUT2D eigenvalue weighted by Gasteiger charge is 2.43. The minimum Gasteiger partial charge on any atom is -0.493 e. The molecule has 2 aliphatic heterocycles. The second-order valence-electron chi connectivity index (χ2n) is 8.28. The number of amides is 2. The quantitative estimate of drug-likeness (QED) is 0.667. The van der Waals surface area contributed by atoms with Crippen molar-refractivity contribution in [1.29, 1.82) is 0 Å². The van der Waals surface area contributed by atoms with Gasteiger partial charge in [0.05, 0.1) is 19.8 Å². The van der Waals surface area contributed by atoms with E-state index in [1.54, 1.807) is 43.5 Å². The minimum absolute atomic E-state index is 0.0926. The first-order chi connectivity index (χ1) is 16.1. The van der Waals surface area contributed by atoms with Crippen LogP contribution in [0.5, 0.6) is 23.0 Å². The third-order valence-electron chi connectivity index (χ3n) is 6.37. The van der Waals surface area contributed by atoms with Crippen LogP contribution in [0, 0.1) is 0 Å². The number of benzene rings is 2. The Morgan fingerprint density at radius 1 is 0.879 bits per heavy atom. The third kappa shape index (κ3) is 3.75. The Morgan fingerprint density at radius 3 is 2.39 bits per heavy atom. The van der Waals surface area contributed by atoms with E-state index >= 15 is 0 Å². The van der Waals surface area contributed by atoms with E-state index in [2.05, 4.69) is 5.32 Å². The van der Waals surface area contributed by atoms with Crippen LogP contribution < -0.4 is 24.3 Å². The Kier molecular flexibility index (Phi) is 5.58. The van der Waals surface area contributed by atoms with Crippen LogP contribution >= 0.6 is 0 Å².